The molecule has 4 rings (SSSR count). The topological polar surface area (TPSA) is 22.6 Å². The van der Waals surface area contributed by atoms with Gasteiger partial charge in [0, 0.05) is 55.1 Å². The molecule has 2 aliphatic rings. The van der Waals surface area contributed by atoms with Crippen molar-refractivity contribution in [2.24, 2.45) is 0 Å². The zero-order valence-corrected chi connectivity index (χ0v) is 15.1. The molecule has 2 fully saturated rings. The largest absolute Gasteiger partial charge is 0.370 e. The molecular formula is C19H25ClN4. The number of likely N-dealkylation sites (N-methyl/N-ethyl adjacent to an activating group) is 1. The summed E-state index contributed by atoms with van der Waals surface area (Å²) in [5.74, 6) is 1.11. The Bertz CT molecular complexity index is 719. The molecule has 5 heteroatoms. The maximum Gasteiger partial charge on any atom is 0.136 e. The number of hydrogen-bond donors (Lipinski definition) is 0. The van der Waals surface area contributed by atoms with Gasteiger partial charge in [0.1, 0.15) is 5.82 Å². The molecule has 2 aromatic rings. The van der Waals surface area contributed by atoms with E-state index in [9.17, 15) is 0 Å². The van der Waals surface area contributed by atoms with E-state index in [2.05, 4.69) is 40.0 Å². The van der Waals surface area contributed by atoms with Crippen LogP contribution in [0.25, 0.3) is 10.8 Å². The lowest BCUT2D eigenvalue weighted by Gasteiger charge is -2.35. The van der Waals surface area contributed by atoms with Crippen molar-refractivity contribution in [2.75, 3.05) is 55.6 Å². The highest BCUT2D eigenvalue weighted by Crippen LogP contribution is 2.35. The maximum absolute atomic E-state index is 6.31. The molecular weight excluding hydrogens is 320 g/mol. The molecule has 0 atom stereocenters. The summed E-state index contributed by atoms with van der Waals surface area (Å²) < 4.78 is 0. The Labute approximate surface area is 149 Å². The molecule has 0 unspecified atom stereocenters. The number of aromatic nitrogens is 1. The molecule has 0 aliphatic carbocycles. The number of hydrogen-bond acceptors (Lipinski definition) is 4. The first-order valence-corrected chi connectivity index (χ1v) is 9.44. The van der Waals surface area contributed by atoms with Gasteiger partial charge >= 0.3 is 0 Å². The molecule has 0 N–H and O–H groups in total. The van der Waals surface area contributed by atoms with E-state index >= 15 is 0 Å². The van der Waals surface area contributed by atoms with E-state index in [1.54, 1.807) is 0 Å². The van der Waals surface area contributed by atoms with Gasteiger partial charge in [0.2, 0.25) is 0 Å². The van der Waals surface area contributed by atoms with Gasteiger partial charge in [0.05, 0.1) is 11.9 Å². The van der Waals surface area contributed by atoms with Gasteiger partial charge in [-0.2, -0.15) is 0 Å². The van der Waals surface area contributed by atoms with E-state index in [1.807, 2.05) is 6.07 Å². The fourth-order valence-corrected chi connectivity index (χ4v) is 4.09. The summed E-state index contributed by atoms with van der Waals surface area (Å²) in [6.07, 6.45) is 4.59. The summed E-state index contributed by atoms with van der Waals surface area (Å²) in [7, 11) is 0. The predicted octanol–water partition coefficient (Wildman–Crippen LogP) is 3.63. The SMILES string of the molecule is CCN1CCN(c2ncc(N3CCCC3)c3cc(Cl)ccc23)CC1. The Morgan fingerprint density at radius 3 is 2.42 bits per heavy atom. The molecule has 1 aromatic heterocycles. The fourth-order valence-electron chi connectivity index (χ4n) is 3.92. The van der Waals surface area contributed by atoms with Gasteiger partial charge in [-0.1, -0.05) is 18.5 Å². The fraction of sp³-hybridized carbons (Fsp3) is 0.526. The first kappa shape index (κ1) is 16.0. The Kier molecular flexibility index (Phi) is 4.51. The van der Waals surface area contributed by atoms with Crippen molar-refractivity contribution in [3.8, 4) is 0 Å². The third-order valence-corrected chi connectivity index (χ3v) is 5.61. The third kappa shape index (κ3) is 2.93. The summed E-state index contributed by atoms with van der Waals surface area (Å²) in [6.45, 7) is 9.92. The van der Waals surface area contributed by atoms with E-state index in [0.29, 0.717) is 0 Å². The standard InChI is InChI=1S/C19H25ClN4/c1-2-22-9-11-24(12-10-22)19-16-6-5-15(20)13-17(16)18(14-21-19)23-7-3-4-8-23/h5-6,13-14H,2-4,7-12H2,1H3. The van der Waals surface area contributed by atoms with Gasteiger partial charge < -0.3 is 14.7 Å². The highest BCUT2D eigenvalue weighted by atomic mass is 35.5. The highest BCUT2D eigenvalue weighted by Gasteiger charge is 2.22. The minimum absolute atomic E-state index is 0.802. The number of nitrogens with zero attached hydrogens (tertiary/aromatic N) is 4. The van der Waals surface area contributed by atoms with Crippen LogP contribution in [0.15, 0.2) is 24.4 Å². The monoisotopic (exact) mass is 344 g/mol. The van der Waals surface area contributed by atoms with Crippen molar-refractivity contribution in [3.63, 3.8) is 0 Å². The molecule has 0 saturated carbocycles. The van der Waals surface area contributed by atoms with Crippen LogP contribution in [-0.2, 0) is 0 Å². The van der Waals surface area contributed by atoms with Crippen LogP contribution in [0.5, 0.6) is 0 Å². The number of rotatable bonds is 3. The van der Waals surface area contributed by atoms with Gasteiger partial charge in [-0.05, 0) is 37.6 Å². The zero-order valence-electron chi connectivity index (χ0n) is 14.3. The first-order valence-electron chi connectivity index (χ1n) is 9.07. The van der Waals surface area contributed by atoms with E-state index in [0.717, 1.165) is 56.7 Å². The Hall–Kier alpha value is -1.52. The smallest absolute Gasteiger partial charge is 0.136 e. The van der Waals surface area contributed by atoms with E-state index in [4.69, 9.17) is 16.6 Å². The molecule has 2 aliphatic heterocycles. The summed E-state index contributed by atoms with van der Waals surface area (Å²) >= 11 is 6.31. The average Bonchev–Trinajstić information content (AvgIpc) is 3.15. The van der Waals surface area contributed by atoms with Crippen LogP contribution < -0.4 is 9.80 Å². The van der Waals surface area contributed by atoms with Crippen molar-refractivity contribution in [1.82, 2.24) is 9.88 Å². The first-order chi connectivity index (χ1) is 11.8. The van der Waals surface area contributed by atoms with Crippen molar-refractivity contribution >= 4 is 33.9 Å². The maximum atomic E-state index is 6.31. The van der Waals surface area contributed by atoms with Gasteiger partial charge in [-0.3, -0.25) is 0 Å². The number of halogens is 1. The molecule has 2 saturated heterocycles. The second-order valence-electron chi connectivity index (χ2n) is 6.77. The minimum Gasteiger partial charge on any atom is -0.370 e. The lowest BCUT2D eigenvalue weighted by atomic mass is 10.1. The number of pyridine rings is 1. The van der Waals surface area contributed by atoms with Crippen molar-refractivity contribution in [1.29, 1.82) is 0 Å². The van der Waals surface area contributed by atoms with Crippen LogP contribution in [0.1, 0.15) is 19.8 Å². The normalized spacial score (nSPS) is 19.4. The van der Waals surface area contributed by atoms with Crippen LogP contribution in [0, 0.1) is 0 Å². The van der Waals surface area contributed by atoms with Gasteiger partial charge in [-0.25, -0.2) is 4.98 Å². The lowest BCUT2D eigenvalue weighted by Crippen LogP contribution is -2.46. The molecule has 0 amide bonds. The lowest BCUT2D eigenvalue weighted by molar-refractivity contribution is 0.271. The van der Waals surface area contributed by atoms with Crippen LogP contribution >= 0.6 is 11.6 Å². The van der Waals surface area contributed by atoms with Gasteiger partial charge in [0.15, 0.2) is 0 Å². The van der Waals surface area contributed by atoms with E-state index in [-0.39, 0.29) is 0 Å². The molecule has 0 bridgehead atoms. The third-order valence-electron chi connectivity index (χ3n) is 5.37. The van der Waals surface area contributed by atoms with Crippen LogP contribution in [0.2, 0.25) is 5.02 Å². The summed E-state index contributed by atoms with van der Waals surface area (Å²) in [5, 5.41) is 3.27. The summed E-state index contributed by atoms with van der Waals surface area (Å²) in [6, 6.07) is 6.24. The minimum atomic E-state index is 0.802. The van der Waals surface area contributed by atoms with Crippen LogP contribution in [-0.4, -0.2) is 55.7 Å². The Morgan fingerprint density at radius 1 is 0.958 bits per heavy atom. The number of fused-ring (bicyclic) bond motifs is 1. The van der Waals surface area contributed by atoms with Crippen molar-refractivity contribution < 1.29 is 0 Å². The zero-order chi connectivity index (χ0) is 16.5. The van der Waals surface area contributed by atoms with Crippen molar-refractivity contribution in [2.45, 2.75) is 19.8 Å². The van der Waals surface area contributed by atoms with Crippen LogP contribution in [0.4, 0.5) is 11.5 Å². The molecule has 3 heterocycles. The second kappa shape index (κ2) is 6.77. The Balaban J connectivity index is 1.73. The number of benzene rings is 1. The van der Waals surface area contributed by atoms with E-state index in [1.165, 1.54) is 29.3 Å². The predicted molar refractivity (Wildman–Crippen MR) is 103 cm³/mol. The molecule has 1 aromatic carbocycles. The molecule has 24 heavy (non-hydrogen) atoms. The quantitative estimate of drug-likeness (QED) is 0.848. The molecule has 4 nitrogen and oxygen atoms in total. The average molecular weight is 345 g/mol. The molecule has 0 spiro atoms. The number of anilines is 2. The van der Waals surface area contributed by atoms with E-state index < -0.39 is 0 Å². The Morgan fingerprint density at radius 2 is 1.71 bits per heavy atom. The van der Waals surface area contributed by atoms with Gasteiger partial charge in [0.25, 0.3) is 0 Å². The highest BCUT2D eigenvalue weighted by molar-refractivity contribution is 6.31. The van der Waals surface area contributed by atoms with Crippen LogP contribution in [0.3, 0.4) is 0 Å². The molecule has 128 valence electrons. The number of piperazine rings is 1. The summed E-state index contributed by atoms with van der Waals surface area (Å²) in [4.78, 5) is 12.2. The van der Waals surface area contributed by atoms with Crippen molar-refractivity contribution in [3.05, 3.63) is 29.4 Å². The second-order valence-corrected chi connectivity index (χ2v) is 7.21. The van der Waals surface area contributed by atoms with Gasteiger partial charge in [-0.15, -0.1) is 0 Å². The molecule has 0 radical (unpaired) electrons. The summed E-state index contributed by atoms with van der Waals surface area (Å²) in [5.41, 5.74) is 1.24.